The Balaban J connectivity index is 1.24. The molecule has 6 aromatic carbocycles. The molecule has 0 nitrogen and oxygen atoms in total. The second-order valence-corrected chi connectivity index (χ2v) is 42.6. The summed E-state index contributed by atoms with van der Waals surface area (Å²) in [6.07, 6.45) is 16.3. The van der Waals surface area contributed by atoms with Crippen molar-refractivity contribution in [1.29, 1.82) is 0 Å². The van der Waals surface area contributed by atoms with E-state index in [0.29, 0.717) is 7.25 Å². The van der Waals surface area contributed by atoms with E-state index < -0.39 is 40.5 Å². The molecule has 0 amide bonds. The Morgan fingerprint density at radius 3 is 1.08 bits per heavy atom. The quantitative estimate of drug-likeness (QED) is 0.0759. The second kappa shape index (κ2) is 19.6. The van der Waals surface area contributed by atoms with Crippen LogP contribution in [0.25, 0.3) is 56.0 Å². The summed E-state index contributed by atoms with van der Waals surface area (Å²) in [6, 6.07) is 46.8. The van der Waals surface area contributed by atoms with Gasteiger partial charge in [-0.2, -0.15) is 0 Å². The van der Waals surface area contributed by atoms with Crippen LogP contribution < -0.4 is 0 Å². The van der Waals surface area contributed by atoms with Crippen LogP contribution in [-0.4, -0.2) is 0 Å². The van der Waals surface area contributed by atoms with Crippen LogP contribution in [0.4, 0.5) is 0 Å². The van der Waals surface area contributed by atoms with Crippen molar-refractivity contribution >= 4 is 33.7 Å². The van der Waals surface area contributed by atoms with E-state index in [0.717, 1.165) is 0 Å². The molecule has 0 spiro atoms. The fourth-order valence-electron chi connectivity index (χ4n) is 12.3. The molecule has 0 saturated carbocycles. The molecule has 2 aliphatic rings. The van der Waals surface area contributed by atoms with E-state index in [1.54, 1.807) is 58.2 Å². The fraction of sp³-hybridized carbons (Fsp3) is 0.379. The molecule has 0 saturated heterocycles. The van der Waals surface area contributed by atoms with Gasteiger partial charge in [0.15, 0.2) is 0 Å². The molecule has 2 aliphatic carbocycles. The molecule has 6 aromatic rings. The molecule has 0 radical (unpaired) electrons. The third kappa shape index (κ3) is 8.45. The fourth-order valence-corrected chi connectivity index (χ4v) is 57.3. The topological polar surface area (TPSA) is 0 Å². The Morgan fingerprint density at radius 2 is 0.700 bits per heavy atom. The number of hydrogen-bond acceptors (Lipinski definition) is 0. The van der Waals surface area contributed by atoms with Gasteiger partial charge in [-0.05, 0) is 0 Å². The van der Waals surface area contributed by atoms with E-state index in [4.69, 9.17) is 0 Å². The Kier molecular flexibility index (Phi) is 14.3. The van der Waals surface area contributed by atoms with Gasteiger partial charge in [0.2, 0.25) is 0 Å². The van der Waals surface area contributed by atoms with E-state index in [2.05, 4.69) is 175 Å². The first-order valence-electron chi connectivity index (χ1n) is 24.0. The first kappa shape index (κ1) is 43.7. The average Bonchev–Trinajstić information content (AvgIpc) is 3.82. The molecular formula is C58H70Zr2. The minimum atomic E-state index is -2.98. The molecule has 60 heavy (non-hydrogen) atoms. The van der Waals surface area contributed by atoms with Gasteiger partial charge < -0.3 is 0 Å². The van der Waals surface area contributed by atoms with Gasteiger partial charge >= 0.3 is 376 Å². The van der Waals surface area contributed by atoms with Crippen molar-refractivity contribution in [2.75, 3.05) is 0 Å². The van der Waals surface area contributed by atoms with Gasteiger partial charge in [0.25, 0.3) is 0 Å². The summed E-state index contributed by atoms with van der Waals surface area (Å²) in [5.41, 5.74) is 15.6. The Labute approximate surface area is 372 Å². The zero-order chi connectivity index (χ0) is 41.7. The number of fused-ring (bicyclic) bond motifs is 4. The van der Waals surface area contributed by atoms with Crippen LogP contribution in [0.1, 0.15) is 122 Å². The van der Waals surface area contributed by atoms with Crippen LogP contribution in [0, 0.1) is 0 Å². The third-order valence-electron chi connectivity index (χ3n) is 15.2. The number of hydrogen-bond donors (Lipinski definition) is 0. The van der Waals surface area contributed by atoms with E-state index in [1.807, 2.05) is 0 Å². The summed E-state index contributed by atoms with van der Waals surface area (Å²) < 4.78 is 10.7. The second-order valence-electron chi connectivity index (χ2n) is 19.0. The zero-order valence-corrected chi connectivity index (χ0v) is 42.7. The molecule has 0 fully saturated rings. The van der Waals surface area contributed by atoms with Gasteiger partial charge in [0.1, 0.15) is 0 Å². The molecule has 0 heterocycles. The van der Waals surface area contributed by atoms with E-state index in [-0.39, 0.29) is 0 Å². The van der Waals surface area contributed by atoms with Crippen LogP contribution in [0.15, 0.2) is 132 Å². The van der Waals surface area contributed by atoms with Crippen molar-refractivity contribution in [3.63, 3.8) is 0 Å². The van der Waals surface area contributed by atoms with Gasteiger partial charge in [-0.1, -0.05) is 0 Å². The predicted octanol–water partition coefficient (Wildman–Crippen LogP) is 19.0. The van der Waals surface area contributed by atoms with Gasteiger partial charge in [0.05, 0.1) is 0 Å². The predicted molar refractivity (Wildman–Crippen MR) is 260 cm³/mol. The van der Waals surface area contributed by atoms with Crippen LogP contribution in [-0.2, 0) is 40.5 Å². The number of rotatable bonds is 19. The molecule has 310 valence electrons. The Hall–Kier alpha value is -2.91. The molecule has 0 aliphatic heterocycles. The van der Waals surface area contributed by atoms with Crippen LogP contribution in [0.3, 0.4) is 0 Å². The summed E-state index contributed by atoms with van der Waals surface area (Å²) in [7, 11) is 0. The molecular weight excluding hydrogens is 879 g/mol. The third-order valence-corrected chi connectivity index (χ3v) is 47.4. The van der Waals surface area contributed by atoms with Gasteiger partial charge in [-0.25, -0.2) is 0 Å². The van der Waals surface area contributed by atoms with Gasteiger partial charge in [0, 0.05) is 0 Å². The molecule has 8 rings (SSSR count). The minimum absolute atomic E-state index is 0.689. The average molecular weight is 950 g/mol. The van der Waals surface area contributed by atoms with Gasteiger partial charge in [-0.15, -0.1) is 0 Å². The maximum absolute atomic E-state index is 2.98. The first-order valence-corrected chi connectivity index (χ1v) is 37.2. The van der Waals surface area contributed by atoms with Crippen LogP contribution in [0.2, 0.25) is 24.8 Å². The van der Waals surface area contributed by atoms with Crippen molar-refractivity contribution in [2.24, 2.45) is 0 Å². The number of benzene rings is 6. The molecule has 0 bridgehead atoms. The normalized spacial score (nSPS) is 16.3. The van der Waals surface area contributed by atoms with E-state index in [9.17, 15) is 0 Å². The SMILES string of the molecule is CCC[CH2][Zr]([CH2]CCC)([CH2][CH2][Zr]([CH2]CCC)([CH2]CCC)[CH]1C(C)=Cc2c(-c3cccc4ccccc34)cccc21)[CH]1C(C)=Cc2c(-c3cccc4ccccc34)cccc21. The van der Waals surface area contributed by atoms with Crippen molar-refractivity contribution in [2.45, 2.75) is 125 Å². The van der Waals surface area contributed by atoms with Crippen molar-refractivity contribution in [3.8, 4) is 22.3 Å². The van der Waals surface area contributed by atoms with Gasteiger partial charge in [-0.3, -0.25) is 0 Å². The Bertz CT molecular complexity index is 2300. The maximum atomic E-state index is 2.68. The Morgan fingerprint density at radius 1 is 0.367 bits per heavy atom. The summed E-state index contributed by atoms with van der Waals surface area (Å²) >= 11 is -5.95. The first-order chi connectivity index (χ1) is 29.4. The number of unbranched alkanes of at least 4 members (excludes halogenated alkanes) is 4. The monoisotopic (exact) mass is 946 g/mol. The van der Waals surface area contributed by atoms with Crippen molar-refractivity contribution < 1.29 is 40.5 Å². The summed E-state index contributed by atoms with van der Waals surface area (Å²) in [5.74, 6) is 0. The zero-order valence-electron chi connectivity index (χ0n) is 37.8. The summed E-state index contributed by atoms with van der Waals surface area (Å²) in [6.45, 7) is 15.0. The van der Waals surface area contributed by atoms with E-state index >= 15 is 0 Å². The van der Waals surface area contributed by atoms with Crippen molar-refractivity contribution in [3.05, 3.63) is 155 Å². The molecule has 2 unspecified atom stereocenters. The molecule has 2 heteroatoms. The van der Waals surface area contributed by atoms with Crippen LogP contribution in [0.5, 0.6) is 0 Å². The standard InChI is InChI=1S/2C20H15.4C4H9.C2H4.2Zr/c2*1-14-12-16-8-5-11-19(20(16)13-14)18-10-4-7-15-6-2-3-9-17(15)18;4*1-3-4-2;1-2;;/h2*2-13H,1H3;4*1,3-4H2,2H3;1-2H2;;. The summed E-state index contributed by atoms with van der Waals surface area (Å²) in [4.78, 5) is 0. The van der Waals surface area contributed by atoms with Crippen LogP contribution >= 0.6 is 0 Å². The van der Waals surface area contributed by atoms with E-state index in [1.165, 1.54) is 95.2 Å². The number of allylic oxidation sites excluding steroid dienone is 2. The molecule has 0 N–H and O–H groups in total. The molecule has 2 atom stereocenters. The van der Waals surface area contributed by atoms with Crippen molar-refractivity contribution in [1.82, 2.24) is 0 Å². The molecule has 0 aromatic heterocycles. The summed E-state index contributed by atoms with van der Waals surface area (Å²) in [5, 5.41) is 5.44.